The third-order valence-corrected chi connectivity index (χ3v) is 6.69. The molecule has 4 aromatic rings. The van der Waals surface area contributed by atoms with E-state index in [1.54, 1.807) is 7.11 Å². The van der Waals surface area contributed by atoms with Gasteiger partial charge in [0, 0.05) is 29.1 Å². The Labute approximate surface area is 208 Å². The standard InChI is InChI=1S/C28H32N4O.ClH/c1-6-16-31(21-12-10-18(2)11-13-21)28-24-8-7-9-25(24)29-27-26(20(4)30-32(27)28)23-15-14-22(33-5)17-19(23)3;/h10-15,17H,6-9,16H2,1-5H3;1H. The zero-order chi connectivity index (χ0) is 23.1. The van der Waals surface area contributed by atoms with E-state index in [-0.39, 0.29) is 12.4 Å². The predicted molar refractivity (Wildman–Crippen MR) is 142 cm³/mol. The van der Waals surface area contributed by atoms with Gasteiger partial charge in [-0.25, -0.2) is 4.98 Å². The monoisotopic (exact) mass is 476 g/mol. The first-order valence-corrected chi connectivity index (χ1v) is 11.9. The molecule has 0 N–H and O–H groups in total. The summed E-state index contributed by atoms with van der Waals surface area (Å²) in [5.74, 6) is 2.05. The summed E-state index contributed by atoms with van der Waals surface area (Å²) in [6.45, 7) is 9.53. The van der Waals surface area contributed by atoms with E-state index in [1.165, 1.54) is 33.9 Å². The van der Waals surface area contributed by atoms with Gasteiger partial charge in [0.2, 0.25) is 0 Å². The van der Waals surface area contributed by atoms with Crippen LogP contribution in [0.2, 0.25) is 0 Å². The molecule has 0 unspecified atom stereocenters. The number of fused-ring (bicyclic) bond motifs is 2. The van der Waals surface area contributed by atoms with Crippen LogP contribution in [0, 0.1) is 20.8 Å². The molecule has 5 nitrogen and oxygen atoms in total. The smallest absolute Gasteiger partial charge is 0.165 e. The second-order valence-corrected chi connectivity index (χ2v) is 9.08. The van der Waals surface area contributed by atoms with Crippen molar-refractivity contribution < 1.29 is 4.74 Å². The first kappa shape index (κ1) is 24.1. The molecule has 0 atom stereocenters. The van der Waals surface area contributed by atoms with Gasteiger partial charge in [-0.1, -0.05) is 30.7 Å². The number of hydrogen-bond donors (Lipinski definition) is 0. The lowest BCUT2D eigenvalue weighted by Crippen LogP contribution is -2.23. The lowest BCUT2D eigenvalue weighted by atomic mass is 10.0. The summed E-state index contributed by atoms with van der Waals surface area (Å²) in [6.07, 6.45) is 4.27. The van der Waals surface area contributed by atoms with Crippen LogP contribution < -0.4 is 9.64 Å². The van der Waals surface area contributed by atoms with Crippen LogP contribution in [-0.4, -0.2) is 28.3 Å². The van der Waals surface area contributed by atoms with E-state index in [0.29, 0.717) is 0 Å². The Hall–Kier alpha value is -3.05. The molecule has 0 bridgehead atoms. The number of aryl methyl sites for hydroxylation is 4. The topological polar surface area (TPSA) is 42.7 Å². The minimum atomic E-state index is 0. The fraction of sp³-hybridized carbons (Fsp3) is 0.357. The quantitative estimate of drug-likeness (QED) is 0.307. The average Bonchev–Trinajstić information content (AvgIpc) is 3.40. The zero-order valence-electron chi connectivity index (χ0n) is 20.7. The highest BCUT2D eigenvalue weighted by atomic mass is 35.5. The zero-order valence-corrected chi connectivity index (χ0v) is 21.5. The molecular formula is C28H33ClN4O. The Balaban J connectivity index is 0.00000274. The van der Waals surface area contributed by atoms with Gasteiger partial charge in [-0.2, -0.15) is 9.61 Å². The molecule has 2 aromatic heterocycles. The molecule has 0 saturated carbocycles. The molecule has 1 aliphatic rings. The van der Waals surface area contributed by atoms with Crippen LogP contribution in [0.3, 0.4) is 0 Å². The summed E-state index contributed by atoms with van der Waals surface area (Å²) >= 11 is 0. The van der Waals surface area contributed by atoms with Crippen LogP contribution >= 0.6 is 12.4 Å². The van der Waals surface area contributed by atoms with Crippen molar-refractivity contribution >= 4 is 29.6 Å². The van der Waals surface area contributed by atoms with E-state index in [0.717, 1.165) is 60.4 Å². The van der Waals surface area contributed by atoms with Gasteiger partial charge in [-0.05, 0) is 81.8 Å². The molecule has 0 amide bonds. The predicted octanol–water partition coefficient (Wildman–Crippen LogP) is 6.79. The minimum Gasteiger partial charge on any atom is -0.497 e. The number of anilines is 2. The van der Waals surface area contributed by atoms with Crippen LogP contribution in [0.1, 0.15) is 47.8 Å². The molecular weight excluding hydrogens is 444 g/mol. The fourth-order valence-electron chi connectivity index (χ4n) is 5.06. The minimum absolute atomic E-state index is 0. The molecule has 2 aromatic carbocycles. The molecule has 0 radical (unpaired) electrons. The first-order chi connectivity index (χ1) is 16.0. The summed E-state index contributed by atoms with van der Waals surface area (Å²) in [7, 11) is 1.71. The van der Waals surface area contributed by atoms with Gasteiger partial charge in [-0.3, -0.25) is 0 Å². The SMILES string of the molecule is CCCN(c1ccc(C)cc1)c1c2c(nc3c(-c4ccc(OC)cc4C)c(C)nn13)CCC2.Cl. The van der Waals surface area contributed by atoms with Gasteiger partial charge < -0.3 is 9.64 Å². The van der Waals surface area contributed by atoms with Crippen molar-refractivity contribution in [3.63, 3.8) is 0 Å². The van der Waals surface area contributed by atoms with Crippen molar-refractivity contribution in [1.82, 2.24) is 14.6 Å². The number of hydrogen-bond acceptors (Lipinski definition) is 4. The van der Waals surface area contributed by atoms with Gasteiger partial charge in [0.1, 0.15) is 11.6 Å². The van der Waals surface area contributed by atoms with Crippen LogP contribution in [0.4, 0.5) is 11.5 Å². The summed E-state index contributed by atoms with van der Waals surface area (Å²) in [4.78, 5) is 7.63. The summed E-state index contributed by atoms with van der Waals surface area (Å²) in [6, 6.07) is 15.1. The summed E-state index contributed by atoms with van der Waals surface area (Å²) in [5, 5.41) is 5.08. The highest BCUT2D eigenvalue weighted by Gasteiger charge is 2.28. The molecule has 0 fully saturated rings. The maximum Gasteiger partial charge on any atom is 0.165 e. The van der Waals surface area contributed by atoms with Crippen molar-refractivity contribution in [3.8, 4) is 16.9 Å². The van der Waals surface area contributed by atoms with Gasteiger partial charge in [-0.15, -0.1) is 12.4 Å². The summed E-state index contributed by atoms with van der Waals surface area (Å²) < 4.78 is 7.54. The molecule has 1 aliphatic carbocycles. The largest absolute Gasteiger partial charge is 0.497 e. The number of nitrogens with zero attached hydrogens (tertiary/aromatic N) is 4. The van der Waals surface area contributed by atoms with E-state index in [1.807, 2.05) is 6.07 Å². The number of methoxy groups -OCH3 is 1. The van der Waals surface area contributed by atoms with Gasteiger partial charge in [0.25, 0.3) is 0 Å². The average molecular weight is 477 g/mol. The van der Waals surface area contributed by atoms with Crippen LogP contribution in [0.15, 0.2) is 42.5 Å². The van der Waals surface area contributed by atoms with Gasteiger partial charge in [0.15, 0.2) is 5.65 Å². The number of rotatable bonds is 6. The number of aromatic nitrogens is 3. The molecule has 0 saturated heterocycles. The van der Waals surface area contributed by atoms with Crippen LogP contribution in [0.5, 0.6) is 5.75 Å². The van der Waals surface area contributed by atoms with Crippen molar-refractivity contribution in [1.29, 1.82) is 0 Å². The van der Waals surface area contributed by atoms with E-state index >= 15 is 0 Å². The Morgan fingerprint density at radius 2 is 1.79 bits per heavy atom. The molecule has 5 rings (SSSR count). The third-order valence-electron chi connectivity index (χ3n) is 6.69. The van der Waals surface area contributed by atoms with Crippen molar-refractivity contribution in [2.75, 3.05) is 18.6 Å². The molecule has 6 heteroatoms. The van der Waals surface area contributed by atoms with Gasteiger partial charge in [0.05, 0.1) is 12.8 Å². The van der Waals surface area contributed by atoms with Crippen molar-refractivity contribution in [3.05, 3.63) is 70.5 Å². The molecule has 178 valence electrons. The Kier molecular flexibility index (Phi) is 6.85. The van der Waals surface area contributed by atoms with E-state index in [4.69, 9.17) is 14.8 Å². The first-order valence-electron chi connectivity index (χ1n) is 11.9. The lowest BCUT2D eigenvalue weighted by Gasteiger charge is -2.27. The maximum absolute atomic E-state index is 5.44. The Morgan fingerprint density at radius 1 is 1.03 bits per heavy atom. The third kappa shape index (κ3) is 4.03. The lowest BCUT2D eigenvalue weighted by molar-refractivity contribution is 0.414. The molecule has 0 aliphatic heterocycles. The second-order valence-electron chi connectivity index (χ2n) is 9.08. The summed E-state index contributed by atoms with van der Waals surface area (Å²) in [5.41, 5.74) is 10.4. The maximum atomic E-state index is 5.44. The molecule has 34 heavy (non-hydrogen) atoms. The fourth-order valence-corrected chi connectivity index (χ4v) is 5.06. The van der Waals surface area contributed by atoms with E-state index in [2.05, 4.69) is 73.5 Å². The van der Waals surface area contributed by atoms with Gasteiger partial charge >= 0.3 is 0 Å². The van der Waals surface area contributed by atoms with E-state index in [9.17, 15) is 0 Å². The normalized spacial score (nSPS) is 12.5. The number of ether oxygens (including phenoxy) is 1. The highest BCUT2D eigenvalue weighted by Crippen LogP contribution is 2.39. The van der Waals surface area contributed by atoms with E-state index < -0.39 is 0 Å². The second kappa shape index (κ2) is 9.67. The highest BCUT2D eigenvalue weighted by molar-refractivity contribution is 5.85. The molecule has 2 heterocycles. The molecule has 0 spiro atoms. The van der Waals surface area contributed by atoms with Crippen LogP contribution in [-0.2, 0) is 12.8 Å². The Bertz CT molecular complexity index is 1330. The van der Waals surface area contributed by atoms with Crippen molar-refractivity contribution in [2.45, 2.75) is 53.4 Å². The number of halogens is 1. The van der Waals surface area contributed by atoms with Crippen molar-refractivity contribution in [2.24, 2.45) is 0 Å². The Morgan fingerprint density at radius 3 is 2.47 bits per heavy atom. The number of benzene rings is 2. The van der Waals surface area contributed by atoms with Crippen LogP contribution in [0.25, 0.3) is 16.8 Å².